The molecule has 0 saturated carbocycles. The monoisotopic (exact) mass is 373 g/mol. The molecule has 0 spiro atoms. The Labute approximate surface area is 137 Å². The summed E-state index contributed by atoms with van der Waals surface area (Å²) >= 11 is 9.49. The van der Waals surface area contributed by atoms with Gasteiger partial charge in [-0.05, 0) is 47.8 Å². The van der Waals surface area contributed by atoms with E-state index < -0.39 is 0 Å². The fourth-order valence-electron chi connectivity index (χ4n) is 2.45. The summed E-state index contributed by atoms with van der Waals surface area (Å²) in [5.41, 5.74) is 0.454. The number of amides is 1. The van der Waals surface area contributed by atoms with Crippen LogP contribution in [-0.2, 0) is 9.53 Å². The zero-order valence-corrected chi connectivity index (χ0v) is 14.1. The van der Waals surface area contributed by atoms with E-state index in [0.29, 0.717) is 34.8 Å². The first-order valence-corrected chi connectivity index (χ1v) is 8.11. The van der Waals surface area contributed by atoms with Gasteiger partial charge in [-0.25, -0.2) is 0 Å². The minimum atomic E-state index is -0.242. The summed E-state index contributed by atoms with van der Waals surface area (Å²) in [4.78, 5) is 26.1. The molecule has 4 nitrogen and oxygen atoms in total. The topological polar surface area (TPSA) is 46.6 Å². The highest BCUT2D eigenvalue weighted by atomic mass is 79.9. The average Bonchev–Trinajstić information content (AvgIpc) is 2.50. The zero-order chi connectivity index (χ0) is 15.4. The molecule has 2 rings (SSSR count). The van der Waals surface area contributed by atoms with Gasteiger partial charge < -0.3 is 9.64 Å². The molecule has 0 radical (unpaired) electrons. The van der Waals surface area contributed by atoms with Gasteiger partial charge in [0.1, 0.15) is 0 Å². The van der Waals surface area contributed by atoms with Crippen molar-refractivity contribution >= 4 is 39.4 Å². The van der Waals surface area contributed by atoms with E-state index in [0.717, 1.165) is 12.8 Å². The Hall–Kier alpha value is -1.07. The number of likely N-dealkylation sites (tertiary alicyclic amines) is 1. The van der Waals surface area contributed by atoms with E-state index in [1.54, 1.807) is 30.0 Å². The molecule has 1 heterocycles. The van der Waals surface area contributed by atoms with E-state index in [2.05, 4.69) is 15.9 Å². The van der Waals surface area contributed by atoms with Crippen LogP contribution < -0.4 is 0 Å². The summed E-state index contributed by atoms with van der Waals surface area (Å²) < 4.78 is 5.74. The second-order valence-corrected chi connectivity index (χ2v) is 6.18. The number of carbonyl (C=O) groups excluding carboxylic acids is 2. The highest BCUT2D eigenvalue weighted by Crippen LogP contribution is 2.28. The minimum absolute atomic E-state index is 0.143. The van der Waals surface area contributed by atoms with Crippen molar-refractivity contribution in [1.82, 2.24) is 4.90 Å². The van der Waals surface area contributed by atoms with Crippen molar-refractivity contribution < 1.29 is 14.3 Å². The number of esters is 1. The summed E-state index contributed by atoms with van der Waals surface area (Å²) in [6.45, 7) is 3.17. The molecule has 1 fully saturated rings. The molecule has 0 N–H and O–H groups in total. The third-order valence-corrected chi connectivity index (χ3v) is 4.81. The van der Waals surface area contributed by atoms with Gasteiger partial charge in [0.2, 0.25) is 0 Å². The predicted octanol–water partition coefficient (Wildman–Crippen LogP) is 3.52. The van der Waals surface area contributed by atoms with Gasteiger partial charge in [0.25, 0.3) is 5.91 Å². The van der Waals surface area contributed by atoms with Gasteiger partial charge >= 0.3 is 5.97 Å². The smallest absolute Gasteiger partial charge is 0.310 e. The Morgan fingerprint density at radius 3 is 2.95 bits per heavy atom. The third kappa shape index (κ3) is 3.77. The normalized spacial score (nSPS) is 18.4. The minimum Gasteiger partial charge on any atom is -0.466 e. The number of rotatable bonds is 3. The van der Waals surface area contributed by atoms with Crippen LogP contribution in [-0.4, -0.2) is 36.5 Å². The van der Waals surface area contributed by atoms with Crippen LogP contribution in [0, 0.1) is 5.92 Å². The highest BCUT2D eigenvalue weighted by molar-refractivity contribution is 9.10. The fraction of sp³-hybridized carbons (Fsp3) is 0.467. The lowest BCUT2D eigenvalue weighted by molar-refractivity contribution is -0.149. The molecule has 1 aliphatic rings. The van der Waals surface area contributed by atoms with E-state index in [-0.39, 0.29) is 17.8 Å². The molecule has 6 heteroatoms. The van der Waals surface area contributed by atoms with E-state index in [9.17, 15) is 9.59 Å². The molecule has 1 aliphatic heterocycles. The van der Waals surface area contributed by atoms with E-state index >= 15 is 0 Å². The SMILES string of the molecule is CCOC(=O)[C@H]1CCCN(C(=O)c2cccc(Br)c2Cl)C1. The number of hydrogen-bond donors (Lipinski definition) is 0. The molecule has 1 aromatic carbocycles. The number of carbonyl (C=O) groups is 2. The third-order valence-electron chi connectivity index (χ3n) is 3.51. The van der Waals surface area contributed by atoms with Crippen molar-refractivity contribution in [2.24, 2.45) is 5.92 Å². The number of halogens is 2. The van der Waals surface area contributed by atoms with Crippen LogP contribution in [0.15, 0.2) is 22.7 Å². The van der Waals surface area contributed by atoms with Crippen LogP contribution >= 0.6 is 27.5 Å². The van der Waals surface area contributed by atoms with Gasteiger partial charge in [-0.15, -0.1) is 0 Å². The Bertz CT molecular complexity index is 550. The number of benzene rings is 1. The molecule has 21 heavy (non-hydrogen) atoms. The lowest BCUT2D eigenvalue weighted by atomic mass is 9.97. The Balaban J connectivity index is 2.12. The van der Waals surface area contributed by atoms with Crippen LogP contribution in [0.4, 0.5) is 0 Å². The van der Waals surface area contributed by atoms with Gasteiger partial charge in [0.05, 0.1) is 23.1 Å². The summed E-state index contributed by atoms with van der Waals surface area (Å²) in [5.74, 6) is -0.612. The van der Waals surface area contributed by atoms with Crippen LogP contribution in [0.25, 0.3) is 0 Å². The van der Waals surface area contributed by atoms with Crippen molar-refractivity contribution in [3.8, 4) is 0 Å². The summed E-state index contributed by atoms with van der Waals surface area (Å²) in [7, 11) is 0. The summed E-state index contributed by atoms with van der Waals surface area (Å²) in [6, 6.07) is 5.26. The molecule has 1 atom stereocenters. The van der Waals surface area contributed by atoms with E-state index in [1.165, 1.54) is 0 Å². The molecule has 0 bridgehead atoms. The zero-order valence-electron chi connectivity index (χ0n) is 11.8. The fourth-order valence-corrected chi connectivity index (χ4v) is 3.03. The van der Waals surface area contributed by atoms with Crippen molar-refractivity contribution in [2.75, 3.05) is 19.7 Å². The lowest BCUT2D eigenvalue weighted by Gasteiger charge is -2.31. The molecule has 0 aromatic heterocycles. The molecule has 1 amide bonds. The first-order chi connectivity index (χ1) is 10.0. The van der Waals surface area contributed by atoms with Gasteiger partial charge in [-0.1, -0.05) is 17.7 Å². The molecular formula is C15H17BrClNO3. The van der Waals surface area contributed by atoms with E-state index in [4.69, 9.17) is 16.3 Å². The van der Waals surface area contributed by atoms with Crippen LogP contribution in [0.2, 0.25) is 5.02 Å². The Morgan fingerprint density at radius 2 is 2.24 bits per heavy atom. The van der Waals surface area contributed by atoms with Gasteiger partial charge in [0.15, 0.2) is 0 Å². The van der Waals surface area contributed by atoms with Crippen molar-refractivity contribution in [1.29, 1.82) is 0 Å². The number of piperidine rings is 1. The molecule has 0 unspecified atom stereocenters. The van der Waals surface area contributed by atoms with Crippen molar-refractivity contribution in [3.05, 3.63) is 33.3 Å². The second-order valence-electron chi connectivity index (χ2n) is 4.94. The summed E-state index contributed by atoms with van der Waals surface area (Å²) in [6.07, 6.45) is 1.55. The average molecular weight is 375 g/mol. The van der Waals surface area contributed by atoms with Crippen molar-refractivity contribution in [2.45, 2.75) is 19.8 Å². The van der Waals surface area contributed by atoms with Crippen LogP contribution in [0.1, 0.15) is 30.1 Å². The molecule has 1 aromatic rings. The number of ether oxygens (including phenoxy) is 1. The largest absolute Gasteiger partial charge is 0.466 e. The van der Waals surface area contributed by atoms with E-state index in [1.807, 2.05) is 0 Å². The Kier molecular flexibility index (Phi) is 5.65. The van der Waals surface area contributed by atoms with Crippen LogP contribution in [0.3, 0.4) is 0 Å². The molecule has 0 aliphatic carbocycles. The first-order valence-electron chi connectivity index (χ1n) is 6.94. The van der Waals surface area contributed by atoms with Gasteiger partial charge in [-0.2, -0.15) is 0 Å². The molecular weight excluding hydrogens is 358 g/mol. The number of nitrogens with zero attached hydrogens (tertiary/aromatic N) is 1. The Morgan fingerprint density at radius 1 is 1.48 bits per heavy atom. The lowest BCUT2D eigenvalue weighted by Crippen LogP contribution is -2.42. The van der Waals surface area contributed by atoms with Gasteiger partial charge in [-0.3, -0.25) is 9.59 Å². The standard InChI is InChI=1S/C15H17BrClNO3/c1-2-21-15(20)10-5-4-8-18(9-10)14(19)11-6-3-7-12(16)13(11)17/h3,6-7,10H,2,4-5,8-9H2,1H3/t10-/m0/s1. The maximum Gasteiger partial charge on any atom is 0.310 e. The van der Waals surface area contributed by atoms with Crippen molar-refractivity contribution in [3.63, 3.8) is 0 Å². The number of hydrogen-bond acceptors (Lipinski definition) is 3. The van der Waals surface area contributed by atoms with Gasteiger partial charge in [0, 0.05) is 17.6 Å². The summed E-state index contributed by atoms with van der Waals surface area (Å²) in [5, 5.41) is 0.403. The highest BCUT2D eigenvalue weighted by Gasteiger charge is 2.30. The predicted molar refractivity (Wildman–Crippen MR) is 84.4 cm³/mol. The molecule has 1 saturated heterocycles. The molecule has 114 valence electrons. The quantitative estimate of drug-likeness (QED) is 0.761. The van der Waals surface area contributed by atoms with Crippen LogP contribution in [0.5, 0.6) is 0 Å². The maximum absolute atomic E-state index is 12.6. The first kappa shape index (κ1) is 16.3. The second kappa shape index (κ2) is 7.27. The maximum atomic E-state index is 12.6.